The lowest BCUT2D eigenvalue weighted by Gasteiger charge is -2.28. The molecular weight excluding hydrogens is 238 g/mol. The van der Waals surface area contributed by atoms with Crippen molar-refractivity contribution in [2.45, 2.75) is 50.6 Å². The van der Waals surface area contributed by atoms with Gasteiger partial charge in [-0.2, -0.15) is 0 Å². The molecule has 0 saturated heterocycles. The van der Waals surface area contributed by atoms with Gasteiger partial charge in [-0.15, -0.1) is 0 Å². The van der Waals surface area contributed by atoms with E-state index >= 15 is 0 Å². The summed E-state index contributed by atoms with van der Waals surface area (Å²) in [6.45, 7) is 4.06. The molecule has 0 aliphatic heterocycles. The molecule has 0 radical (unpaired) electrons. The van der Waals surface area contributed by atoms with Crippen molar-refractivity contribution in [3.63, 3.8) is 0 Å². The van der Waals surface area contributed by atoms with Gasteiger partial charge in [0.05, 0.1) is 0 Å². The van der Waals surface area contributed by atoms with Gasteiger partial charge in [-0.05, 0) is 25.7 Å². The van der Waals surface area contributed by atoms with Crippen LogP contribution in [0.1, 0.15) is 44.5 Å². The zero-order chi connectivity index (χ0) is 12.6. The monoisotopic (exact) mass is 257 g/mol. The number of primary sulfonamides is 1. The van der Waals surface area contributed by atoms with E-state index in [0.717, 1.165) is 18.7 Å². The van der Waals surface area contributed by atoms with Crippen LogP contribution >= 0.6 is 0 Å². The number of sulfonamides is 1. The Labute approximate surface area is 102 Å². The van der Waals surface area contributed by atoms with Crippen LogP contribution in [0.25, 0.3) is 0 Å². The number of hydrogen-bond donors (Lipinski definition) is 1. The SMILES string of the molecule is Cc1nc(S(N)(=O)=O)cn1C1CCCC(C)C1. The molecule has 6 heteroatoms. The lowest BCUT2D eigenvalue weighted by molar-refractivity contribution is 0.279. The summed E-state index contributed by atoms with van der Waals surface area (Å²) < 4.78 is 24.5. The number of imidazole rings is 1. The average Bonchev–Trinajstić information content (AvgIpc) is 2.60. The second-order valence-corrected chi connectivity index (χ2v) is 6.51. The Morgan fingerprint density at radius 2 is 2.18 bits per heavy atom. The third-order valence-corrected chi connectivity index (χ3v) is 4.27. The molecule has 1 aromatic heterocycles. The van der Waals surface area contributed by atoms with Crippen LogP contribution in [0.4, 0.5) is 0 Å². The maximum Gasteiger partial charge on any atom is 0.257 e. The van der Waals surface area contributed by atoms with Crippen molar-refractivity contribution in [3.05, 3.63) is 12.0 Å². The highest BCUT2D eigenvalue weighted by molar-refractivity contribution is 7.89. The normalized spacial score (nSPS) is 26.1. The molecule has 96 valence electrons. The van der Waals surface area contributed by atoms with E-state index < -0.39 is 10.0 Å². The minimum Gasteiger partial charge on any atom is -0.331 e. The maximum atomic E-state index is 11.2. The summed E-state index contributed by atoms with van der Waals surface area (Å²) in [6, 6.07) is 0.363. The molecule has 2 rings (SSSR count). The molecule has 2 unspecified atom stereocenters. The Kier molecular flexibility index (Phi) is 3.27. The molecule has 17 heavy (non-hydrogen) atoms. The van der Waals surface area contributed by atoms with Crippen LogP contribution in [0.2, 0.25) is 0 Å². The quantitative estimate of drug-likeness (QED) is 0.874. The molecule has 5 nitrogen and oxygen atoms in total. The smallest absolute Gasteiger partial charge is 0.257 e. The summed E-state index contributed by atoms with van der Waals surface area (Å²) in [6.07, 6.45) is 6.20. The van der Waals surface area contributed by atoms with E-state index in [1.54, 1.807) is 6.20 Å². The maximum absolute atomic E-state index is 11.2. The van der Waals surface area contributed by atoms with Crippen molar-refractivity contribution in [1.82, 2.24) is 9.55 Å². The Hall–Kier alpha value is -0.880. The van der Waals surface area contributed by atoms with Crippen LogP contribution in [0, 0.1) is 12.8 Å². The Balaban J connectivity index is 2.30. The molecule has 1 aliphatic carbocycles. The van der Waals surface area contributed by atoms with E-state index in [9.17, 15) is 8.42 Å². The molecular formula is C11H19N3O2S. The number of nitrogens with two attached hydrogens (primary N) is 1. The van der Waals surface area contributed by atoms with Crippen molar-refractivity contribution in [3.8, 4) is 0 Å². The van der Waals surface area contributed by atoms with Gasteiger partial charge in [-0.1, -0.05) is 19.8 Å². The van der Waals surface area contributed by atoms with Crippen molar-refractivity contribution in [2.75, 3.05) is 0 Å². The van der Waals surface area contributed by atoms with Crippen LogP contribution in [0.15, 0.2) is 11.2 Å². The predicted molar refractivity (Wildman–Crippen MR) is 65.0 cm³/mol. The molecule has 2 N–H and O–H groups in total. The lowest BCUT2D eigenvalue weighted by Crippen LogP contribution is -2.18. The van der Waals surface area contributed by atoms with Crippen molar-refractivity contribution in [2.24, 2.45) is 11.1 Å². The van der Waals surface area contributed by atoms with Gasteiger partial charge in [-0.3, -0.25) is 0 Å². The Bertz CT molecular complexity index is 507. The number of hydrogen-bond acceptors (Lipinski definition) is 3. The van der Waals surface area contributed by atoms with Crippen LogP contribution in [-0.4, -0.2) is 18.0 Å². The molecule has 0 bridgehead atoms. The van der Waals surface area contributed by atoms with Crippen LogP contribution in [0.5, 0.6) is 0 Å². The van der Waals surface area contributed by atoms with E-state index in [0.29, 0.717) is 12.0 Å². The van der Waals surface area contributed by atoms with E-state index in [1.807, 2.05) is 11.5 Å². The molecule has 0 amide bonds. The molecule has 1 aromatic rings. The first-order valence-corrected chi connectivity index (χ1v) is 7.51. The van der Waals surface area contributed by atoms with Crippen LogP contribution < -0.4 is 5.14 Å². The van der Waals surface area contributed by atoms with Gasteiger partial charge < -0.3 is 4.57 Å². The molecule has 0 aromatic carbocycles. The molecule has 1 heterocycles. The second-order valence-electron chi connectivity index (χ2n) is 5.00. The standard InChI is InChI=1S/C11H19N3O2S/c1-8-4-3-5-10(6-8)14-7-11(13-9(14)2)17(12,15)16/h7-8,10H,3-6H2,1-2H3,(H2,12,15,16). The minimum absolute atomic E-state index is 0.0202. The number of aromatic nitrogens is 2. The first-order chi connectivity index (χ1) is 7.88. The number of aryl methyl sites for hydroxylation is 1. The summed E-state index contributed by atoms with van der Waals surface area (Å²) in [5.74, 6) is 1.42. The highest BCUT2D eigenvalue weighted by atomic mass is 32.2. The van der Waals surface area contributed by atoms with E-state index in [2.05, 4.69) is 11.9 Å². The highest BCUT2D eigenvalue weighted by Crippen LogP contribution is 2.33. The van der Waals surface area contributed by atoms with Crippen LogP contribution in [0.3, 0.4) is 0 Å². The predicted octanol–water partition coefficient (Wildman–Crippen LogP) is 1.59. The van der Waals surface area contributed by atoms with Gasteiger partial charge in [0, 0.05) is 12.2 Å². The fraction of sp³-hybridized carbons (Fsp3) is 0.727. The summed E-state index contributed by atoms with van der Waals surface area (Å²) in [5.41, 5.74) is 0. The zero-order valence-corrected chi connectivity index (χ0v) is 11.1. The summed E-state index contributed by atoms with van der Waals surface area (Å²) in [5, 5.41) is 5.07. The van der Waals surface area contributed by atoms with Gasteiger partial charge in [0.2, 0.25) is 0 Å². The van der Waals surface area contributed by atoms with Gasteiger partial charge in [0.15, 0.2) is 5.03 Å². The first-order valence-electron chi connectivity index (χ1n) is 5.96. The van der Waals surface area contributed by atoms with Gasteiger partial charge in [0.25, 0.3) is 10.0 Å². The van der Waals surface area contributed by atoms with E-state index in [-0.39, 0.29) is 5.03 Å². The average molecular weight is 257 g/mol. The van der Waals surface area contributed by atoms with Gasteiger partial charge >= 0.3 is 0 Å². The highest BCUT2D eigenvalue weighted by Gasteiger charge is 2.23. The molecule has 2 atom stereocenters. The summed E-state index contributed by atoms with van der Waals surface area (Å²) in [7, 11) is -3.69. The number of rotatable bonds is 2. The van der Waals surface area contributed by atoms with E-state index in [4.69, 9.17) is 5.14 Å². The third kappa shape index (κ3) is 2.69. The van der Waals surface area contributed by atoms with Gasteiger partial charge in [0.1, 0.15) is 5.82 Å². The van der Waals surface area contributed by atoms with Crippen molar-refractivity contribution >= 4 is 10.0 Å². The van der Waals surface area contributed by atoms with Crippen molar-refractivity contribution < 1.29 is 8.42 Å². The van der Waals surface area contributed by atoms with E-state index in [1.165, 1.54) is 12.8 Å². The molecule has 1 fully saturated rings. The van der Waals surface area contributed by atoms with Crippen LogP contribution in [-0.2, 0) is 10.0 Å². The largest absolute Gasteiger partial charge is 0.331 e. The first kappa shape index (κ1) is 12.6. The molecule has 1 saturated carbocycles. The molecule has 1 aliphatic rings. The van der Waals surface area contributed by atoms with Gasteiger partial charge in [-0.25, -0.2) is 18.5 Å². The fourth-order valence-corrected chi connectivity index (χ4v) is 3.14. The van der Waals surface area contributed by atoms with Crippen molar-refractivity contribution in [1.29, 1.82) is 0 Å². The second kappa shape index (κ2) is 4.42. The molecule has 0 spiro atoms. The zero-order valence-electron chi connectivity index (χ0n) is 10.3. The fourth-order valence-electron chi connectivity index (χ4n) is 2.62. The number of nitrogens with zero attached hydrogens (tertiary/aromatic N) is 2. The third-order valence-electron chi connectivity index (χ3n) is 3.49. The summed E-state index contributed by atoms with van der Waals surface area (Å²) in [4.78, 5) is 4.03. The lowest BCUT2D eigenvalue weighted by atomic mass is 9.87. The summed E-state index contributed by atoms with van der Waals surface area (Å²) >= 11 is 0. The minimum atomic E-state index is -3.69. The Morgan fingerprint density at radius 3 is 2.71 bits per heavy atom. The Morgan fingerprint density at radius 1 is 1.47 bits per heavy atom. The topological polar surface area (TPSA) is 78.0 Å².